The Kier molecular flexibility index (Phi) is 4.33. The van der Waals surface area contributed by atoms with E-state index in [2.05, 4.69) is 56.7 Å². The molecule has 0 amide bonds. The second-order valence-corrected chi connectivity index (χ2v) is 6.97. The number of fused-ring (bicyclic) bond motifs is 1. The molecule has 1 aromatic heterocycles. The van der Waals surface area contributed by atoms with Crippen LogP contribution in [0.1, 0.15) is 5.56 Å². The number of ether oxygens (including phenoxy) is 1. The standard InChI is InChI=1S/C18H17IN2O2/c19-15-3-1-2-14(11-15)18-20-16-10-13(4-5-17(16)23-18)12-21-6-8-22-9-7-21/h1-5,10-11H,6-9,12H2. The van der Waals surface area contributed by atoms with E-state index in [9.17, 15) is 0 Å². The largest absolute Gasteiger partial charge is 0.436 e. The number of morpholine rings is 1. The quantitative estimate of drug-likeness (QED) is 0.602. The summed E-state index contributed by atoms with van der Waals surface area (Å²) in [4.78, 5) is 7.07. The van der Waals surface area contributed by atoms with E-state index < -0.39 is 0 Å². The molecular formula is C18H17IN2O2. The molecule has 1 saturated heterocycles. The van der Waals surface area contributed by atoms with Crippen molar-refractivity contribution in [1.29, 1.82) is 0 Å². The van der Waals surface area contributed by atoms with E-state index in [0.717, 1.165) is 49.5 Å². The van der Waals surface area contributed by atoms with Crippen molar-refractivity contribution in [3.8, 4) is 11.5 Å². The lowest BCUT2D eigenvalue weighted by Gasteiger charge is -2.26. The third-order valence-corrected chi connectivity index (χ3v) is 4.70. The van der Waals surface area contributed by atoms with Gasteiger partial charge in [-0.25, -0.2) is 4.98 Å². The van der Waals surface area contributed by atoms with E-state index in [1.54, 1.807) is 0 Å². The summed E-state index contributed by atoms with van der Waals surface area (Å²) >= 11 is 2.30. The van der Waals surface area contributed by atoms with E-state index >= 15 is 0 Å². The normalized spacial score (nSPS) is 16.0. The highest BCUT2D eigenvalue weighted by molar-refractivity contribution is 14.1. The van der Waals surface area contributed by atoms with Crippen molar-refractivity contribution in [2.75, 3.05) is 26.3 Å². The molecule has 2 heterocycles. The number of benzene rings is 2. The van der Waals surface area contributed by atoms with Crippen LogP contribution < -0.4 is 0 Å². The van der Waals surface area contributed by atoms with Gasteiger partial charge in [-0.15, -0.1) is 0 Å². The Morgan fingerprint density at radius 3 is 2.78 bits per heavy atom. The Balaban J connectivity index is 1.61. The first-order valence-electron chi connectivity index (χ1n) is 7.73. The number of aromatic nitrogens is 1. The third kappa shape index (κ3) is 3.41. The molecule has 0 saturated carbocycles. The number of nitrogens with zero attached hydrogens (tertiary/aromatic N) is 2. The summed E-state index contributed by atoms with van der Waals surface area (Å²) in [7, 11) is 0. The van der Waals surface area contributed by atoms with Crippen molar-refractivity contribution in [3.63, 3.8) is 0 Å². The van der Waals surface area contributed by atoms with Gasteiger partial charge in [0, 0.05) is 28.8 Å². The van der Waals surface area contributed by atoms with E-state index in [1.807, 2.05) is 18.2 Å². The summed E-state index contributed by atoms with van der Waals surface area (Å²) in [5.41, 5.74) is 4.04. The summed E-state index contributed by atoms with van der Waals surface area (Å²) in [5, 5.41) is 0. The highest BCUT2D eigenvalue weighted by Crippen LogP contribution is 2.26. The summed E-state index contributed by atoms with van der Waals surface area (Å²) in [5.74, 6) is 0.682. The molecule has 4 nitrogen and oxygen atoms in total. The lowest BCUT2D eigenvalue weighted by Crippen LogP contribution is -2.35. The Morgan fingerprint density at radius 2 is 1.96 bits per heavy atom. The van der Waals surface area contributed by atoms with Crippen molar-refractivity contribution < 1.29 is 9.15 Å². The maximum Gasteiger partial charge on any atom is 0.227 e. The van der Waals surface area contributed by atoms with Gasteiger partial charge in [-0.1, -0.05) is 12.1 Å². The lowest BCUT2D eigenvalue weighted by molar-refractivity contribution is 0.0342. The average Bonchev–Trinajstić information content (AvgIpc) is 2.99. The minimum absolute atomic E-state index is 0.682. The van der Waals surface area contributed by atoms with Gasteiger partial charge in [-0.2, -0.15) is 0 Å². The molecule has 1 fully saturated rings. The molecule has 0 N–H and O–H groups in total. The van der Waals surface area contributed by atoms with Gasteiger partial charge < -0.3 is 9.15 Å². The highest BCUT2D eigenvalue weighted by Gasteiger charge is 2.13. The maximum atomic E-state index is 5.91. The first-order chi connectivity index (χ1) is 11.3. The van der Waals surface area contributed by atoms with E-state index in [1.165, 1.54) is 9.13 Å². The smallest absolute Gasteiger partial charge is 0.227 e. The molecule has 3 aromatic rings. The molecule has 0 bridgehead atoms. The third-order valence-electron chi connectivity index (χ3n) is 4.03. The van der Waals surface area contributed by atoms with E-state index in [4.69, 9.17) is 9.15 Å². The van der Waals surface area contributed by atoms with Gasteiger partial charge in [-0.05, 0) is 58.5 Å². The topological polar surface area (TPSA) is 38.5 Å². The van der Waals surface area contributed by atoms with Crippen molar-refractivity contribution in [3.05, 3.63) is 51.6 Å². The fraction of sp³-hybridized carbons (Fsp3) is 0.278. The molecule has 0 atom stereocenters. The molecule has 118 valence electrons. The number of halogens is 1. The maximum absolute atomic E-state index is 5.91. The molecule has 0 aliphatic carbocycles. The van der Waals surface area contributed by atoms with Crippen LogP contribution >= 0.6 is 22.6 Å². The highest BCUT2D eigenvalue weighted by atomic mass is 127. The van der Waals surface area contributed by atoms with Gasteiger partial charge in [-0.3, -0.25) is 4.90 Å². The predicted octanol–water partition coefficient (Wildman–Crippen LogP) is 3.93. The number of hydrogen-bond acceptors (Lipinski definition) is 4. The zero-order chi connectivity index (χ0) is 15.6. The molecule has 4 rings (SSSR count). The van der Waals surface area contributed by atoms with Crippen LogP contribution in [0, 0.1) is 3.57 Å². The van der Waals surface area contributed by atoms with Crippen LogP contribution in [-0.4, -0.2) is 36.2 Å². The van der Waals surface area contributed by atoms with Crippen LogP contribution in [0.25, 0.3) is 22.6 Å². The fourth-order valence-electron chi connectivity index (χ4n) is 2.83. The summed E-state index contributed by atoms with van der Waals surface area (Å²) in [6.07, 6.45) is 0. The monoisotopic (exact) mass is 420 g/mol. The number of hydrogen-bond donors (Lipinski definition) is 0. The minimum atomic E-state index is 0.682. The molecule has 23 heavy (non-hydrogen) atoms. The first kappa shape index (κ1) is 15.1. The van der Waals surface area contributed by atoms with Gasteiger partial charge in [0.15, 0.2) is 5.58 Å². The molecule has 0 unspecified atom stereocenters. The SMILES string of the molecule is Ic1cccc(-c2nc3cc(CN4CCOCC4)ccc3o2)c1. The van der Waals surface area contributed by atoms with Crippen molar-refractivity contribution >= 4 is 33.7 Å². The second-order valence-electron chi connectivity index (χ2n) is 5.72. The molecule has 1 aliphatic heterocycles. The fourth-order valence-corrected chi connectivity index (χ4v) is 3.38. The summed E-state index contributed by atoms with van der Waals surface area (Å²) in [6.45, 7) is 4.56. The van der Waals surface area contributed by atoms with Gasteiger partial charge in [0.05, 0.1) is 13.2 Å². The van der Waals surface area contributed by atoms with Crippen LogP contribution in [0.3, 0.4) is 0 Å². The first-order valence-corrected chi connectivity index (χ1v) is 8.81. The van der Waals surface area contributed by atoms with Crippen LogP contribution in [0.15, 0.2) is 46.9 Å². The Bertz CT molecular complexity index is 825. The Hall–Kier alpha value is -1.44. The van der Waals surface area contributed by atoms with Gasteiger partial charge in [0.2, 0.25) is 5.89 Å². The average molecular weight is 420 g/mol. The van der Waals surface area contributed by atoms with Crippen LogP contribution in [0.5, 0.6) is 0 Å². The molecule has 2 aromatic carbocycles. The zero-order valence-corrected chi connectivity index (χ0v) is 14.8. The Labute approximate surface area is 148 Å². The summed E-state index contributed by atoms with van der Waals surface area (Å²) < 4.78 is 12.5. The predicted molar refractivity (Wildman–Crippen MR) is 98.3 cm³/mol. The van der Waals surface area contributed by atoms with Crippen molar-refractivity contribution in [2.24, 2.45) is 0 Å². The second kappa shape index (κ2) is 6.59. The lowest BCUT2D eigenvalue weighted by atomic mass is 10.2. The zero-order valence-electron chi connectivity index (χ0n) is 12.7. The molecule has 5 heteroatoms. The molecule has 1 aliphatic rings. The number of rotatable bonds is 3. The van der Waals surface area contributed by atoms with Crippen LogP contribution in [-0.2, 0) is 11.3 Å². The van der Waals surface area contributed by atoms with E-state index in [0.29, 0.717) is 5.89 Å². The van der Waals surface area contributed by atoms with Crippen LogP contribution in [0.2, 0.25) is 0 Å². The molecular weight excluding hydrogens is 403 g/mol. The Morgan fingerprint density at radius 1 is 1.09 bits per heavy atom. The minimum Gasteiger partial charge on any atom is -0.436 e. The van der Waals surface area contributed by atoms with Crippen LogP contribution in [0.4, 0.5) is 0 Å². The van der Waals surface area contributed by atoms with E-state index in [-0.39, 0.29) is 0 Å². The number of oxazole rings is 1. The molecule has 0 radical (unpaired) electrons. The van der Waals surface area contributed by atoms with Gasteiger partial charge in [0.25, 0.3) is 0 Å². The molecule has 0 spiro atoms. The van der Waals surface area contributed by atoms with Crippen molar-refractivity contribution in [1.82, 2.24) is 9.88 Å². The van der Waals surface area contributed by atoms with Gasteiger partial charge >= 0.3 is 0 Å². The van der Waals surface area contributed by atoms with Gasteiger partial charge in [0.1, 0.15) is 5.52 Å². The summed E-state index contributed by atoms with van der Waals surface area (Å²) in [6, 6.07) is 14.5. The van der Waals surface area contributed by atoms with Crippen molar-refractivity contribution in [2.45, 2.75) is 6.54 Å².